The summed E-state index contributed by atoms with van der Waals surface area (Å²) in [6.07, 6.45) is 0. The quantitative estimate of drug-likeness (QED) is 0.286. The topological polar surface area (TPSA) is 17.3 Å². The third-order valence-corrected chi connectivity index (χ3v) is 5.42. The second-order valence-corrected chi connectivity index (χ2v) is 7.12. The highest BCUT2D eigenvalue weighted by molar-refractivity contribution is 8.93. The number of thiazole rings is 1. The van der Waals surface area contributed by atoms with Crippen molar-refractivity contribution in [3.8, 4) is 33.8 Å². The van der Waals surface area contributed by atoms with Crippen LogP contribution in [0.5, 0.6) is 0 Å². The van der Waals surface area contributed by atoms with Gasteiger partial charge in [-0.1, -0.05) is 60.7 Å². The molecule has 2 nitrogen and oxygen atoms in total. The van der Waals surface area contributed by atoms with E-state index in [0.717, 1.165) is 38.7 Å². The van der Waals surface area contributed by atoms with E-state index in [-0.39, 0.29) is 22.8 Å². The molecule has 28 heavy (non-hydrogen) atoms. The molecule has 0 radical (unpaired) electrons. The van der Waals surface area contributed by atoms with Crippen LogP contribution in [0.25, 0.3) is 38.7 Å². The maximum atomic E-state index is 13.4. The largest absolute Gasteiger partial charge is 0.282 e. The van der Waals surface area contributed by atoms with E-state index in [9.17, 15) is 4.39 Å². The summed E-state index contributed by atoms with van der Waals surface area (Å²) in [6.45, 7) is 0. The lowest BCUT2D eigenvalue weighted by Crippen LogP contribution is -1.91. The van der Waals surface area contributed by atoms with E-state index >= 15 is 0 Å². The number of nitrogens with zero attached hydrogens (tertiary/aromatic N) is 2. The molecule has 5 rings (SSSR count). The van der Waals surface area contributed by atoms with Crippen molar-refractivity contribution in [3.63, 3.8) is 0 Å². The lowest BCUT2D eigenvalue weighted by Gasteiger charge is -2.08. The van der Waals surface area contributed by atoms with Crippen LogP contribution in [0.3, 0.4) is 0 Å². The summed E-state index contributed by atoms with van der Waals surface area (Å²) in [5.41, 5.74) is 6.18. The van der Waals surface area contributed by atoms with Gasteiger partial charge in [-0.05, 0) is 29.8 Å². The Morgan fingerprint density at radius 2 is 1.32 bits per heavy atom. The normalized spacial score (nSPS) is 10.8. The van der Waals surface area contributed by atoms with Crippen LogP contribution in [-0.4, -0.2) is 9.38 Å². The molecule has 3 aromatic carbocycles. The highest BCUT2D eigenvalue weighted by atomic mass is 79.9. The van der Waals surface area contributed by atoms with Crippen LogP contribution in [0.15, 0.2) is 90.3 Å². The predicted molar refractivity (Wildman–Crippen MR) is 120 cm³/mol. The van der Waals surface area contributed by atoms with Crippen LogP contribution in [0, 0.1) is 5.82 Å². The molecule has 0 saturated heterocycles. The number of hydrogen-bond donors (Lipinski definition) is 0. The van der Waals surface area contributed by atoms with E-state index in [2.05, 4.69) is 34.0 Å². The maximum absolute atomic E-state index is 13.4. The molecule has 5 heteroatoms. The summed E-state index contributed by atoms with van der Waals surface area (Å²) in [4.78, 5) is 5.85. The highest BCUT2D eigenvalue weighted by Crippen LogP contribution is 2.38. The van der Waals surface area contributed by atoms with Crippen molar-refractivity contribution >= 4 is 33.3 Å². The molecule has 0 aliphatic rings. The van der Waals surface area contributed by atoms with Crippen molar-refractivity contribution in [1.29, 1.82) is 0 Å². The average Bonchev–Trinajstić information content (AvgIpc) is 3.29. The first-order valence-electron chi connectivity index (χ1n) is 8.68. The van der Waals surface area contributed by atoms with Gasteiger partial charge in [-0.2, -0.15) is 0 Å². The molecule has 0 spiro atoms. The van der Waals surface area contributed by atoms with Gasteiger partial charge in [0.15, 0.2) is 4.96 Å². The van der Waals surface area contributed by atoms with Crippen LogP contribution in [0.4, 0.5) is 4.39 Å². The summed E-state index contributed by atoms with van der Waals surface area (Å²) in [5.74, 6) is -0.232. The minimum absolute atomic E-state index is 0. The molecule has 0 fully saturated rings. The monoisotopic (exact) mass is 450 g/mol. The van der Waals surface area contributed by atoms with Crippen molar-refractivity contribution < 1.29 is 4.39 Å². The zero-order valence-electron chi connectivity index (χ0n) is 14.7. The van der Waals surface area contributed by atoms with Gasteiger partial charge in [0.1, 0.15) is 5.82 Å². The molecule has 0 unspecified atom stereocenters. The summed E-state index contributed by atoms with van der Waals surface area (Å²) in [5, 5.41) is 2.08. The van der Waals surface area contributed by atoms with Gasteiger partial charge in [0.2, 0.25) is 0 Å². The number of benzene rings is 3. The first kappa shape index (κ1) is 18.6. The molecular weight excluding hydrogens is 435 g/mol. The van der Waals surface area contributed by atoms with Gasteiger partial charge in [0.05, 0.1) is 17.1 Å². The van der Waals surface area contributed by atoms with Crippen molar-refractivity contribution in [1.82, 2.24) is 9.38 Å². The van der Waals surface area contributed by atoms with Crippen molar-refractivity contribution in [3.05, 3.63) is 96.1 Å². The van der Waals surface area contributed by atoms with E-state index < -0.39 is 0 Å². The van der Waals surface area contributed by atoms with Gasteiger partial charge in [-0.15, -0.1) is 28.3 Å². The Bertz CT molecular complexity index is 1210. The molecule has 0 aliphatic carbocycles. The van der Waals surface area contributed by atoms with Crippen molar-refractivity contribution in [2.24, 2.45) is 0 Å². The Kier molecular flexibility index (Phi) is 5.11. The number of rotatable bonds is 3. The molecule has 0 bridgehead atoms. The maximum Gasteiger partial charge on any atom is 0.195 e. The standard InChI is InChI=1S/C23H15FN2S.BrH/c24-19-13-11-16(12-14-19)20-15-27-23-25-21(17-7-3-1-4-8-17)22(26(20)23)18-9-5-2-6-10-18;/h1-15H;1H. The molecule has 0 amide bonds. The SMILES string of the molecule is Br.Fc1ccc(-c2csc3nc(-c4ccccc4)c(-c4ccccc4)n23)cc1. The lowest BCUT2D eigenvalue weighted by atomic mass is 10.0. The first-order chi connectivity index (χ1) is 13.3. The van der Waals surface area contributed by atoms with Crippen LogP contribution in [-0.2, 0) is 0 Å². The summed E-state index contributed by atoms with van der Waals surface area (Å²) >= 11 is 1.60. The number of imidazole rings is 1. The van der Waals surface area contributed by atoms with Crippen molar-refractivity contribution in [2.75, 3.05) is 0 Å². The molecule has 0 saturated carbocycles. The highest BCUT2D eigenvalue weighted by Gasteiger charge is 2.20. The van der Waals surface area contributed by atoms with E-state index in [0.29, 0.717) is 0 Å². The van der Waals surface area contributed by atoms with Crippen LogP contribution in [0.1, 0.15) is 0 Å². The van der Waals surface area contributed by atoms with E-state index in [1.54, 1.807) is 11.3 Å². The molecule has 0 atom stereocenters. The molecule has 138 valence electrons. The van der Waals surface area contributed by atoms with E-state index in [1.807, 2.05) is 48.5 Å². The zero-order valence-corrected chi connectivity index (χ0v) is 17.3. The zero-order chi connectivity index (χ0) is 18.2. The number of hydrogen-bond acceptors (Lipinski definition) is 2. The summed E-state index contributed by atoms with van der Waals surface area (Å²) in [7, 11) is 0. The van der Waals surface area contributed by atoms with Gasteiger partial charge < -0.3 is 0 Å². The number of aromatic nitrogens is 2. The van der Waals surface area contributed by atoms with Crippen LogP contribution in [0.2, 0.25) is 0 Å². The Morgan fingerprint density at radius 3 is 1.96 bits per heavy atom. The van der Waals surface area contributed by atoms with Crippen molar-refractivity contribution in [2.45, 2.75) is 0 Å². The molecular formula is C23H16BrFN2S. The lowest BCUT2D eigenvalue weighted by molar-refractivity contribution is 0.628. The second-order valence-electron chi connectivity index (χ2n) is 6.29. The minimum Gasteiger partial charge on any atom is -0.282 e. The Morgan fingerprint density at radius 1 is 0.714 bits per heavy atom. The fourth-order valence-electron chi connectivity index (χ4n) is 3.34. The fraction of sp³-hybridized carbons (Fsp3) is 0. The van der Waals surface area contributed by atoms with Crippen LogP contribution < -0.4 is 0 Å². The van der Waals surface area contributed by atoms with E-state index in [1.165, 1.54) is 12.1 Å². The minimum atomic E-state index is -0.232. The molecule has 2 aromatic heterocycles. The summed E-state index contributed by atoms with van der Waals surface area (Å²) in [6, 6.07) is 27.1. The molecule has 0 aliphatic heterocycles. The smallest absolute Gasteiger partial charge is 0.195 e. The third-order valence-electron chi connectivity index (χ3n) is 4.60. The number of fused-ring (bicyclic) bond motifs is 1. The summed E-state index contributed by atoms with van der Waals surface area (Å²) < 4.78 is 15.6. The molecule has 2 heterocycles. The van der Waals surface area contributed by atoms with E-state index in [4.69, 9.17) is 4.98 Å². The van der Waals surface area contributed by atoms with Gasteiger partial charge >= 0.3 is 0 Å². The van der Waals surface area contributed by atoms with Crippen LogP contribution >= 0.6 is 28.3 Å². The average molecular weight is 451 g/mol. The number of halogens is 2. The second kappa shape index (κ2) is 7.70. The first-order valence-corrected chi connectivity index (χ1v) is 9.56. The molecule has 5 aromatic rings. The van der Waals surface area contributed by atoms with Gasteiger partial charge in [-0.3, -0.25) is 4.40 Å². The predicted octanol–water partition coefficient (Wildman–Crippen LogP) is 7.11. The fourth-order valence-corrected chi connectivity index (χ4v) is 4.24. The van der Waals surface area contributed by atoms with Gasteiger partial charge in [0, 0.05) is 16.5 Å². The Balaban J connectivity index is 0.00000192. The van der Waals surface area contributed by atoms with Gasteiger partial charge in [0.25, 0.3) is 0 Å². The third kappa shape index (κ3) is 3.17. The van der Waals surface area contributed by atoms with Gasteiger partial charge in [-0.25, -0.2) is 9.37 Å². The Hall–Kier alpha value is -2.76. The molecule has 0 N–H and O–H groups in total. The Labute approximate surface area is 176 Å².